The van der Waals surface area contributed by atoms with Crippen molar-refractivity contribution in [3.63, 3.8) is 0 Å². The molecular weight excluding hydrogens is 520 g/mol. The highest BCUT2D eigenvalue weighted by Gasteiger charge is 2.28. The molecule has 0 aromatic heterocycles. The van der Waals surface area contributed by atoms with E-state index in [1.54, 1.807) is 0 Å². The van der Waals surface area contributed by atoms with Crippen LogP contribution in [-0.4, -0.2) is 101 Å². The number of aryl methyl sites for hydroxylation is 1. The van der Waals surface area contributed by atoms with Crippen molar-refractivity contribution < 1.29 is 24.9 Å². The van der Waals surface area contributed by atoms with E-state index in [9.17, 15) is 5.11 Å². The van der Waals surface area contributed by atoms with Crippen molar-refractivity contribution in [3.05, 3.63) is 59.7 Å². The third-order valence-electron chi connectivity index (χ3n) is 7.17. The summed E-state index contributed by atoms with van der Waals surface area (Å²) in [4.78, 5) is 28.1. The first-order valence-electron chi connectivity index (χ1n) is 14.4. The van der Waals surface area contributed by atoms with E-state index in [0.717, 1.165) is 66.2 Å². The van der Waals surface area contributed by atoms with Gasteiger partial charge in [-0.1, -0.05) is 30.3 Å². The van der Waals surface area contributed by atoms with Gasteiger partial charge in [-0.05, 0) is 63.9 Å². The zero-order valence-corrected chi connectivity index (χ0v) is 25.9. The van der Waals surface area contributed by atoms with Gasteiger partial charge in [0.2, 0.25) is 0 Å². The predicted octanol–water partition coefficient (Wildman–Crippen LogP) is 4.17. The van der Waals surface area contributed by atoms with Crippen LogP contribution in [0.15, 0.2) is 48.5 Å². The Labute approximate surface area is 246 Å². The molecule has 3 N–H and O–H groups in total. The van der Waals surface area contributed by atoms with Crippen LogP contribution in [0.2, 0.25) is 0 Å². The molecule has 2 fully saturated rings. The van der Waals surface area contributed by atoms with Gasteiger partial charge in [0.1, 0.15) is 0 Å². The van der Waals surface area contributed by atoms with Gasteiger partial charge in [-0.3, -0.25) is 19.4 Å². The number of carboxylic acids is 2. The van der Waals surface area contributed by atoms with Crippen molar-refractivity contribution >= 4 is 23.3 Å². The number of carbonyl (C=O) groups is 2. The normalized spacial score (nSPS) is 19.9. The van der Waals surface area contributed by atoms with Gasteiger partial charge in [0, 0.05) is 89.7 Å². The highest BCUT2D eigenvalue weighted by atomic mass is 16.4. The van der Waals surface area contributed by atoms with E-state index in [1.165, 1.54) is 22.5 Å². The van der Waals surface area contributed by atoms with Crippen LogP contribution >= 0.6 is 0 Å². The average molecular weight is 571 g/mol. The molecule has 0 spiro atoms. The van der Waals surface area contributed by atoms with E-state index < -0.39 is 17.5 Å². The zero-order valence-electron chi connectivity index (χ0n) is 25.9. The molecule has 228 valence electrons. The number of aliphatic hydroxyl groups is 1. The lowest BCUT2D eigenvalue weighted by Gasteiger charge is -2.43. The maximum atomic E-state index is 10.2. The molecule has 2 aliphatic rings. The predicted molar refractivity (Wildman–Crippen MR) is 166 cm³/mol. The van der Waals surface area contributed by atoms with E-state index in [1.807, 2.05) is 13.8 Å². The molecule has 0 unspecified atom stereocenters. The van der Waals surface area contributed by atoms with Crippen LogP contribution in [0, 0.1) is 6.92 Å². The summed E-state index contributed by atoms with van der Waals surface area (Å²) in [6.45, 7) is 20.9. The summed E-state index contributed by atoms with van der Waals surface area (Å²) < 4.78 is 0. The Morgan fingerprint density at radius 1 is 0.878 bits per heavy atom. The number of anilines is 2. The summed E-state index contributed by atoms with van der Waals surface area (Å²) in [5.74, 6) is -1.67. The Kier molecular flexibility index (Phi) is 13.1. The third-order valence-corrected chi connectivity index (χ3v) is 7.17. The lowest BCUT2D eigenvalue weighted by atomic mass is 10.0. The minimum Gasteiger partial charge on any atom is -0.481 e. The monoisotopic (exact) mass is 570 g/mol. The molecule has 0 aliphatic carbocycles. The van der Waals surface area contributed by atoms with Crippen LogP contribution < -0.4 is 9.80 Å². The fourth-order valence-corrected chi connectivity index (χ4v) is 5.55. The van der Waals surface area contributed by atoms with Crippen molar-refractivity contribution in [2.75, 3.05) is 55.6 Å². The summed E-state index contributed by atoms with van der Waals surface area (Å²) >= 11 is 0. The molecule has 2 aromatic rings. The SMILES string of the molecule is CC(=O)O.CC(=O)O.Cc1cc(N2CCN(CC(C)(C)O)C[C@H]2C)ccc1N1CCN(Cc2ccccc2)[C@H](C)C1. The van der Waals surface area contributed by atoms with Gasteiger partial charge in [-0.25, -0.2) is 0 Å². The fourth-order valence-electron chi connectivity index (χ4n) is 5.55. The maximum Gasteiger partial charge on any atom is 0.300 e. The molecule has 2 aliphatic heterocycles. The molecule has 2 heterocycles. The number of benzene rings is 2. The number of nitrogens with zero attached hydrogens (tertiary/aromatic N) is 4. The van der Waals surface area contributed by atoms with Gasteiger partial charge in [0.05, 0.1) is 5.60 Å². The largest absolute Gasteiger partial charge is 0.481 e. The summed E-state index contributed by atoms with van der Waals surface area (Å²) in [6, 6.07) is 18.8. The van der Waals surface area contributed by atoms with Crippen molar-refractivity contribution in [3.8, 4) is 0 Å². The first-order valence-corrected chi connectivity index (χ1v) is 14.4. The summed E-state index contributed by atoms with van der Waals surface area (Å²) in [6.07, 6.45) is 0. The number of hydrogen-bond donors (Lipinski definition) is 3. The second-order valence-electron chi connectivity index (χ2n) is 11.8. The minimum atomic E-state index is -0.833. The van der Waals surface area contributed by atoms with Crippen LogP contribution in [0.4, 0.5) is 11.4 Å². The maximum absolute atomic E-state index is 10.2. The first kappa shape index (κ1) is 34.1. The second kappa shape index (κ2) is 15.7. The van der Waals surface area contributed by atoms with Crippen molar-refractivity contribution in [2.45, 2.75) is 72.7 Å². The van der Waals surface area contributed by atoms with E-state index in [0.29, 0.717) is 12.1 Å². The van der Waals surface area contributed by atoms with Gasteiger partial charge in [-0.15, -0.1) is 0 Å². The highest BCUT2D eigenvalue weighted by Crippen LogP contribution is 2.30. The number of β-amino-alcohol motifs (C(OH)–C–C–N with tert-alkyl or cyclic N) is 1. The van der Waals surface area contributed by atoms with E-state index in [-0.39, 0.29) is 0 Å². The van der Waals surface area contributed by atoms with Gasteiger partial charge < -0.3 is 25.1 Å². The standard InChI is InChI=1S/C28H42N4O.2C2H4O2/c1-22-17-26(32-16-13-29(18-24(32)3)21-28(4,5)33)11-12-27(22)31-15-14-30(23(2)19-31)20-25-9-7-6-8-10-25;2*1-2(3)4/h6-12,17,23-24,33H,13-16,18-21H2,1-5H3;2*1H3,(H,3,4)/t23-,24-;;/m1../s1. The summed E-state index contributed by atoms with van der Waals surface area (Å²) in [5, 5.41) is 25.0. The molecule has 9 nitrogen and oxygen atoms in total. The van der Waals surface area contributed by atoms with Crippen LogP contribution in [0.3, 0.4) is 0 Å². The topological polar surface area (TPSA) is 108 Å². The molecule has 9 heteroatoms. The molecule has 2 atom stereocenters. The minimum absolute atomic E-state index is 0.438. The van der Waals surface area contributed by atoms with Gasteiger partial charge in [-0.2, -0.15) is 0 Å². The van der Waals surface area contributed by atoms with E-state index >= 15 is 0 Å². The van der Waals surface area contributed by atoms with Crippen molar-refractivity contribution in [1.29, 1.82) is 0 Å². The molecule has 0 amide bonds. The second-order valence-corrected chi connectivity index (χ2v) is 11.8. The molecule has 2 aromatic carbocycles. The number of aliphatic carboxylic acids is 2. The van der Waals surface area contributed by atoms with Crippen LogP contribution in [0.25, 0.3) is 0 Å². The smallest absolute Gasteiger partial charge is 0.300 e. The third kappa shape index (κ3) is 12.1. The van der Waals surface area contributed by atoms with Crippen LogP contribution in [0.5, 0.6) is 0 Å². The lowest BCUT2D eigenvalue weighted by molar-refractivity contribution is -0.135. The molecule has 4 rings (SSSR count). The number of piperazine rings is 2. The van der Waals surface area contributed by atoms with Crippen molar-refractivity contribution in [2.24, 2.45) is 0 Å². The molecule has 0 radical (unpaired) electrons. The molecular formula is C32H50N4O5. The zero-order chi connectivity index (χ0) is 30.7. The fraction of sp³-hybridized carbons (Fsp3) is 0.562. The van der Waals surface area contributed by atoms with Gasteiger partial charge in [0.25, 0.3) is 11.9 Å². The van der Waals surface area contributed by atoms with E-state index in [4.69, 9.17) is 19.8 Å². The molecule has 2 saturated heterocycles. The summed E-state index contributed by atoms with van der Waals surface area (Å²) in [5.41, 5.74) is 4.82. The molecule has 0 saturated carbocycles. The molecule has 41 heavy (non-hydrogen) atoms. The number of carboxylic acid groups (broad SMARTS) is 2. The first-order chi connectivity index (χ1) is 19.2. The van der Waals surface area contributed by atoms with Gasteiger partial charge >= 0.3 is 0 Å². The summed E-state index contributed by atoms with van der Waals surface area (Å²) in [7, 11) is 0. The lowest BCUT2D eigenvalue weighted by Crippen LogP contribution is -2.54. The van der Waals surface area contributed by atoms with Gasteiger partial charge in [0.15, 0.2) is 0 Å². The Morgan fingerprint density at radius 2 is 1.49 bits per heavy atom. The number of rotatable bonds is 6. The average Bonchev–Trinajstić information content (AvgIpc) is 2.84. The number of hydrogen-bond acceptors (Lipinski definition) is 7. The molecule has 0 bridgehead atoms. The van der Waals surface area contributed by atoms with E-state index in [2.05, 4.69) is 88.9 Å². The van der Waals surface area contributed by atoms with Crippen LogP contribution in [0.1, 0.15) is 52.7 Å². The quantitative estimate of drug-likeness (QED) is 0.472. The Balaban J connectivity index is 0.000000653. The Bertz CT molecular complexity index is 1090. The van der Waals surface area contributed by atoms with Crippen molar-refractivity contribution in [1.82, 2.24) is 9.80 Å². The highest BCUT2D eigenvalue weighted by molar-refractivity contribution is 5.63. The van der Waals surface area contributed by atoms with Crippen LogP contribution in [-0.2, 0) is 16.1 Å². The Hall–Kier alpha value is -3.14. The Morgan fingerprint density at radius 3 is 2.00 bits per heavy atom.